The topological polar surface area (TPSA) is 99.6 Å². The molecule has 1 N–H and O–H groups in total. The number of carbonyl (C=O) groups is 3. The highest BCUT2D eigenvalue weighted by Crippen LogP contribution is 2.33. The second-order valence-electron chi connectivity index (χ2n) is 6.14. The molecule has 1 aromatic rings. The van der Waals surface area contributed by atoms with Crippen LogP contribution < -0.4 is 9.80 Å². The fraction of sp³-hybridized carbons (Fsp3) is 0.438. The van der Waals surface area contributed by atoms with Gasteiger partial charge in [-0.25, -0.2) is 18.8 Å². The zero-order valence-electron chi connectivity index (χ0n) is 14.3. The number of fused-ring (bicyclic) bond motifs is 1. The molecule has 0 aliphatic carbocycles. The number of carbonyl (C=O) groups excluding carboxylic acids is 2. The summed E-state index contributed by atoms with van der Waals surface area (Å²) in [7, 11) is 2.78. The molecule has 9 nitrogen and oxygen atoms in total. The summed E-state index contributed by atoms with van der Waals surface area (Å²) in [6, 6.07) is 2.76. The van der Waals surface area contributed by atoms with Gasteiger partial charge in [0.2, 0.25) is 0 Å². The number of cyclic esters (lactones) is 2. The quantitative estimate of drug-likeness (QED) is 0.876. The van der Waals surface area contributed by atoms with E-state index >= 15 is 0 Å². The van der Waals surface area contributed by atoms with Crippen LogP contribution in [0.2, 0.25) is 0 Å². The number of halogens is 1. The number of rotatable bonds is 3. The van der Waals surface area contributed by atoms with Crippen molar-refractivity contribution in [2.45, 2.75) is 12.5 Å². The Balaban J connectivity index is 1.85. The molecule has 2 heterocycles. The molecule has 0 aromatic heterocycles. The molecule has 1 aromatic carbocycles. The first-order chi connectivity index (χ1) is 12.3. The van der Waals surface area contributed by atoms with Gasteiger partial charge in [0.05, 0.1) is 31.1 Å². The van der Waals surface area contributed by atoms with Crippen LogP contribution in [-0.4, -0.2) is 68.2 Å². The van der Waals surface area contributed by atoms with Gasteiger partial charge in [0.1, 0.15) is 11.9 Å². The molecule has 1 fully saturated rings. The Labute approximate surface area is 148 Å². The van der Waals surface area contributed by atoms with E-state index < -0.39 is 30.2 Å². The molecule has 2 aliphatic rings. The van der Waals surface area contributed by atoms with Crippen LogP contribution in [-0.2, 0) is 15.9 Å². The van der Waals surface area contributed by atoms with Crippen molar-refractivity contribution in [3.8, 4) is 0 Å². The van der Waals surface area contributed by atoms with Crippen molar-refractivity contribution >= 4 is 29.7 Å². The van der Waals surface area contributed by atoms with Crippen molar-refractivity contribution in [2.24, 2.45) is 0 Å². The van der Waals surface area contributed by atoms with E-state index in [1.165, 1.54) is 19.0 Å². The average molecular weight is 367 g/mol. The van der Waals surface area contributed by atoms with Crippen LogP contribution in [0.15, 0.2) is 12.1 Å². The lowest BCUT2D eigenvalue weighted by molar-refractivity contribution is 0.106. The van der Waals surface area contributed by atoms with Gasteiger partial charge >= 0.3 is 18.3 Å². The lowest BCUT2D eigenvalue weighted by Crippen LogP contribution is -2.35. The number of hydrogen-bond donors (Lipinski definition) is 1. The molecular weight excluding hydrogens is 349 g/mol. The Morgan fingerprint density at radius 3 is 2.81 bits per heavy atom. The molecule has 0 saturated carbocycles. The molecule has 3 rings (SSSR count). The standard InChI is InChI=1S/C16H18FN3O6/c1-18(14(21)22)7-11-8-20(16(24)26-11)10-5-9-3-4-25-15(23)19(2)13(9)12(17)6-10/h5-6,11H,3-4,7-8H2,1-2H3,(H,21,22)/t11-/m0/s1. The number of nitrogens with zero attached hydrogens (tertiary/aromatic N) is 3. The molecule has 1 saturated heterocycles. The SMILES string of the molecule is CN(C[C@H]1CN(c2cc(F)c3c(c2)CCOC(=O)N3C)C(=O)O1)C(=O)O. The van der Waals surface area contributed by atoms with E-state index in [9.17, 15) is 18.8 Å². The second-order valence-corrected chi connectivity index (χ2v) is 6.14. The minimum absolute atomic E-state index is 0.01000. The molecule has 0 unspecified atom stereocenters. The Morgan fingerprint density at radius 1 is 1.38 bits per heavy atom. The van der Waals surface area contributed by atoms with Gasteiger partial charge in [0, 0.05) is 20.5 Å². The van der Waals surface area contributed by atoms with E-state index in [4.69, 9.17) is 14.6 Å². The molecule has 26 heavy (non-hydrogen) atoms. The summed E-state index contributed by atoms with van der Waals surface area (Å²) < 4.78 is 24.8. The Hall–Kier alpha value is -3.04. The van der Waals surface area contributed by atoms with Crippen LogP contribution >= 0.6 is 0 Å². The third kappa shape index (κ3) is 3.22. The van der Waals surface area contributed by atoms with Gasteiger partial charge in [-0.3, -0.25) is 9.80 Å². The summed E-state index contributed by atoms with van der Waals surface area (Å²) in [4.78, 5) is 38.1. The number of hydrogen-bond acceptors (Lipinski definition) is 5. The van der Waals surface area contributed by atoms with E-state index in [1.54, 1.807) is 6.07 Å². The molecular formula is C16H18FN3O6. The van der Waals surface area contributed by atoms with Gasteiger partial charge in [0.25, 0.3) is 0 Å². The minimum atomic E-state index is -1.14. The number of anilines is 2. The van der Waals surface area contributed by atoms with E-state index in [0.29, 0.717) is 12.0 Å². The molecule has 140 valence electrons. The van der Waals surface area contributed by atoms with Crippen LogP contribution in [0.1, 0.15) is 5.56 Å². The van der Waals surface area contributed by atoms with E-state index in [0.717, 1.165) is 15.9 Å². The lowest BCUT2D eigenvalue weighted by Gasteiger charge is -2.20. The summed E-state index contributed by atoms with van der Waals surface area (Å²) in [5.74, 6) is -0.655. The first-order valence-electron chi connectivity index (χ1n) is 7.93. The molecule has 0 bridgehead atoms. The third-order valence-corrected chi connectivity index (χ3v) is 4.32. The van der Waals surface area contributed by atoms with Crippen molar-refractivity contribution in [2.75, 3.05) is 43.6 Å². The van der Waals surface area contributed by atoms with Crippen LogP contribution in [0.4, 0.5) is 30.1 Å². The molecule has 1 atom stereocenters. The smallest absolute Gasteiger partial charge is 0.414 e. The highest BCUT2D eigenvalue weighted by molar-refractivity contribution is 5.93. The number of ether oxygens (including phenoxy) is 2. The summed E-state index contributed by atoms with van der Waals surface area (Å²) in [6.07, 6.45) is -2.80. The van der Waals surface area contributed by atoms with Gasteiger partial charge in [0.15, 0.2) is 0 Å². The zero-order chi connectivity index (χ0) is 19.0. The van der Waals surface area contributed by atoms with Gasteiger partial charge in [-0.15, -0.1) is 0 Å². The third-order valence-electron chi connectivity index (χ3n) is 4.32. The van der Waals surface area contributed by atoms with Gasteiger partial charge in [-0.1, -0.05) is 0 Å². The van der Waals surface area contributed by atoms with Gasteiger partial charge in [-0.05, 0) is 17.7 Å². The number of amides is 3. The predicted octanol–water partition coefficient (Wildman–Crippen LogP) is 1.89. The Kier molecular flexibility index (Phi) is 4.58. The largest absolute Gasteiger partial charge is 0.465 e. The van der Waals surface area contributed by atoms with Crippen LogP contribution in [0, 0.1) is 5.82 Å². The molecule has 3 amide bonds. The van der Waals surface area contributed by atoms with Crippen molar-refractivity contribution in [3.63, 3.8) is 0 Å². The molecule has 10 heteroatoms. The fourth-order valence-electron chi connectivity index (χ4n) is 3.01. The van der Waals surface area contributed by atoms with Crippen molar-refractivity contribution in [3.05, 3.63) is 23.5 Å². The second kappa shape index (κ2) is 6.70. The maximum absolute atomic E-state index is 14.6. The predicted molar refractivity (Wildman–Crippen MR) is 88.1 cm³/mol. The van der Waals surface area contributed by atoms with Crippen LogP contribution in [0.3, 0.4) is 0 Å². The monoisotopic (exact) mass is 367 g/mol. The average Bonchev–Trinajstić information content (AvgIpc) is 2.86. The van der Waals surface area contributed by atoms with Crippen LogP contribution in [0.5, 0.6) is 0 Å². The maximum Gasteiger partial charge on any atom is 0.414 e. The Morgan fingerprint density at radius 2 is 2.12 bits per heavy atom. The van der Waals surface area contributed by atoms with E-state index in [2.05, 4.69) is 0 Å². The number of benzene rings is 1. The maximum atomic E-state index is 14.6. The summed E-state index contributed by atoms with van der Waals surface area (Å²) in [5, 5.41) is 8.91. The lowest BCUT2D eigenvalue weighted by atomic mass is 10.1. The first-order valence-corrected chi connectivity index (χ1v) is 7.93. The zero-order valence-corrected chi connectivity index (χ0v) is 14.3. The van der Waals surface area contributed by atoms with Crippen LogP contribution in [0.25, 0.3) is 0 Å². The van der Waals surface area contributed by atoms with E-state index in [1.807, 2.05) is 0 Å². The summed E-state index contributed by atoms with van der Waals surface area (Å²) in [6.45, 7) is 0.214. The van der Waals surface area contributed by atoms with E-state index in [-0.39, 0.29) is 31.1 Å². The fourth-order valence-corrected chi connectivity index (χ4v) is 3.01. The molecule has 0 radical (unpaired) electrons. The Bertz CT molecular complexity index is 771. The normalized spacial score (nSPS) is 19.6. The van der Waals surface area contributed by atoms with Crippen molar-refractivity contribution in [1.29, 1.82) is 0 Å². The van der Waals surface area contributed by atoms with Crippen molar-refractivity contribution < 1.29 is 33.4 Å². The van der Waals surface area contributed by atoms with Gasteiger partial charge < -0.3 is 19.5 Å². The van der Waals surface area contributed by atoms with Gasteiger partial charge in [-0.2, -0.15) is 0 Å². The molecule has 0 spiro atoms. The minimum Gasteiger partial charge on any atom is -0.465 e. The first kappa shape index (κ1) is 17.8. The number of likely N-dealkylation sites (N-methyl/N-ethyl adjacent to an activating group) is 1. The summed E-state index contributed by atoms with van der Waals surface area (Å²) in [5.41, 5.74) is 0.938. The summed E-state index contributed by atoms with van der Waals surface area (Å²) >= 11 is 0. The highest BCUT2D eigenvalue weighted by Gasteiger charge is 2.35. The van der Waals surface area contributed by atoms with Crippen molar-refractivity contribution in [1.82, 2.24) is 4.90 Å². The number of carboxylic acid groups (broad SMARTS) is 1. The highest BCUT2D eigenvalue weighted by atomic mass is 19.1. The molecule has 2 aliphatic heterocycles.